The molecule has 23 heavy (non-hydrogen) atoms. The van der Waals surface area contributed by atoms with Gasteiger partial charge in [0.25, 0.3) is 0 Å². The number of fused-ring (bicyclic) bond motifs is 1. The Morgan fingerprint density at radius 1 is 1.04 bits per heavy atom. The van der Waals surface area contributed by atoms with Crippen molar-refractivity contribution in [2.24, 2.45) is 5.73 Å². The maximum Gasteiger partial charge on any atom is 0.0599 e. The summed E-state index contributed by atoms with van der Waals surface area (Å²) in [6.07, 6.45) is 3.10. The smallest absolute Gasteiger partial charge is 0.0599 e. The number of nitrogens with one attached hydrogen (secondary N) is 1. The summed E-state index contributed by atoms with van der Waals surface area (Å²) in [5, 5.41) is 2.43. The van der Waals surface area contributed by atoms with Crippen LogP contribution in [0.15, 0.2) is 36.4 Å². The number of hydrogen-bond donors (Lipinski definition) is 2. The van der Waals surface area contributed by atoms with Crippen molar-refractivity contribution >= 4 is 34.1 Å². The Labute approximate surface area is 146 Å². The number of unbranched alkanes of at least 4 members (excludes halogenated alkanes) is 1. The lowest BCUT2D eigenvalue weighted by Gasteiger charge is -2.06. The number of nitrogens with two attached hydrogens (primary N) is 1. The molecule has 0 saturated carbocycles. The highest BCUT2D eigenvalue weighted by Crippen LogP contribution is 2.35. The van der Waals surface area contributed by atoms with E-state index in [0.717, 1.165) is 37.1 Å². The van der Waals surface area contributed by atoms with Gasteiger partial charge >= 0.3 is 0 Å². The zero-order valence-corrected chi connectivity index (χ0v) is 14.6. The molecule has 0 fully saturated rings. The minimum absolute atomic E-state index is 0.576. The number of aromatic nitrogens is 1. The number of para-hydroxylation sites is 1. The third kappa shape index (κ3) is 3.25. The highest BCUT2D eigenvalue weighted by Gasteiger charge is 2.14. The van der Waals surface area contributed by atoms with E-state index in [-0.39, 0.29) is 0 Å². The van der Waals surface area contributed by atoms with Crippen molar-refractivity contribution in [1.82, 2.24) is 4.98 Å². The predicted molar refractivity (Wildman–Crippen MR) is 100 cm³/mol. The van der Waals surface area contributed by atoms with Crippen LogP contribution in [0.3, 0.4) is 0 Å². The molecule has 2 nitrogen and oxygen atoms in total. The molecule has 1 heterocycles. The topological polar surface area (TPSA) is 41.8 Å². The van der Waals surface area contributed by atoms with E-state index < -0.39 is 0 Å². The van der Waals surface area contributed by atoms with E-state index in [1.54, 1.807) is 0 Å². The highest BCUT2D eigenvalue weighted by atomic mass is 35.5. The van der Waals surface area contributed by atoms with E-state index in [0.29, 0.717) is 10.0 Å². The van der Waals surface area contributed by atoms with Crippen LogP contribution in [0.4, 0.5) is 0 Å². The number of halogens is 2. The van der Waals surface area contributed by atoms with Crippen LogP contribution >= 0.6 is 23.2 Å². The fraction of sp³-hybridized carbons (Fsp3) is 0.263. The van der Waals surface area contributed by atoms with Crippen LogP contribution in [0.5, 0.6) is 0 Å². The Morgan fingerprint density at radius 3 is 2.61 bits per heavy atom. The molecule has 0 amide bonds. The van der Waals surface area contributed by atoms with Crippen LogP contribution in [0.2, 0.25) is 10.0 Å². The molecule has 0 atom stereocenters. The second kappa shape index (κ2) is 6.96. The molecule has 0 spiro atoms. The molecule has 0 aliphatic rings. The number of hydrogen-bond acceptors (Lipinski definition) is 1. The summed E-state index contributed by atoms with van der Waals surface area (Å²) >= 11 is 12.3. The van der Waals surface area contributed by atoms with Gasteiger partial charge in [0.15, 0.2) is 0 Å². The first-order chi connectivity index (χ1) is 11.1. The van der Waals surface area contributed by atoms with Gasteiger partial charge in [-0.2, -0.15) is 0 Å². The molecule has 0 saturated heterocycles. The van der Waals surface area contributed by atoms with E-state index in [1.165, 1.54) is 22.0 Å². The van der Waals surface area contributed by atoms with Gasteiger partial charge in [-0.15, -0.1) is 0 Å². The number of aromatic amines is 1. The molecule has 3 rings (SSSR count). The number of H-pyrrole nitrogens is 1. The van der Waals surface area contributed by atoms with Gasteiger partial charge in [-0.25, -0.2) is 0 Å². The maximum absolute atomic E-state index is 6.21. The molecule has 120 valence electrons. The fourth-order valence-electron chi connectivity index (χ4n) is 3.02. The van der Waals surface area contributed by atoms with Gasteiger partial charge in [0.05, 0.1) is 10.0 Å². The largest absolute Gasteiger partial charge is 0.354 e. The van der Waals surface area contributed by atoms with Crippen molar-refractivity contribution in [2.75, 3.05) is 6.54 Å². The predicted octanol–water partition coefficient (Wildman–Crippen LogP) is 5.73. The molecule has 2 aromatic carbocycles. The van der Waals surface area contributed by atoms with Gasteiger partial charge in [-0.3, -0.25) is 0 Å². The summed E-state index contributed by atoms with van der Waals surface area (Å²) < 4.78 is 0. The number of aryl methyl sites for hydroxylation is 2. The average molecular weight is 347 g/mol. The summed E-state index contributed by atoms with van der Waals surface area (Å²) in [6.45, 7) is 2.85. The monoisotopic (exact) mass is 346 g/mol. The minimum Gasteiger partial charge on any atom is -0.354 e. The lowest BCUT2D eigenvalue weighted by atomic mass is 9.99. The molecule has 0 aliphatic carbocycles. The van der Waals surface area contributed by atoms with Gasteiger partial charge in [-0.05, 0) is 61.6 Å². The summed E-state index contributed by atoms with van der Waals surface area (Å²) in [7, 11) is 0. The quantitative estimate of drug-likeness (QED) is 0.569. The SMILES string of the molecule is Cc1cccc2c(CCCCN)c(-c3ccc(Cl)c(Cl)c3)[nH]c12. The molecule has 0 unspecified atom stereocenters. The average Bonchev–Trinajstić information content (AvgIpc) is 2.91. The van der Waals surface area contributed by atoms with Gasteiger partial charge in [0, 0.05) is 16.6 Å². The molecule has 4 heteroatoms. The van der Waals surface area contributed by atoms with Crippen LogP contribution < -0.4 is 5.73 Å². The Bertz CT molecular complexity index is 837. The van der Waals surface area contributed by atoms with Gasteiger partial charge < -0.3 is 10.7 Å². The third-order valence-electron chi connectivity index (χ3n) is 4.24. The van der Waals surface area contributed by atoms with Gasteiger partial charge in [0.2, 0.25) is 0 Å². The van der Waals surface area contributed by atoms with Crippen molar-refractivity contribution in [3.05, 3.63) is 57.6 Å². The second-order valence-electron chi connectivity index (χ2n) is 5.85. The Balaban J connectivity index is 2.15. The normalized spacial score (nSPS) is 11.3. The second-order valence-corrected chi connectivity index (χ2v) is 6.67. The first-order valence-electron chi connectivity index (χ1n) is 7.87. The molecular weight excluding hydrogens is 327 g/mol. The van der Waals surface area contributed by atoms with Crippen molar-refractivity contribution in [1.29, 1.82) is 0 Å². The van der Waals surface area contributed by atoms with Crippen LogP contribution in [0, 0.1) is 6.92 Å². The molecule has 3 N–H and O–H groups in total. The van der Waals surface area contributed by atoms with Crippen LogP contribution in [-0.2, 0) is 6.42 Å². The lowest BCUT2D eigenvalue weighted by Crippen LogP contribution is -1.99. The Kier molecular flexibility index (Phi) is 4.96. The van der Waals surface area contributed by atoms with Crippen molar-refractivity contribution in [3.63, 3.8) is 0 Å². The van der Waals surface area contributed by atoms with Gasteiger partial charge in [0.1, 0.15) is 0 Å². The maximum atomic E-state index is 6.21. The molecule has 3 aromatic rings. The van der Waals surface area contributed by atoms with Crippen LogP contribution in [0.1, 0.15) is 24.0 Å². The molecule has 0 bridgehead atoms. The van der Waals surface area contributed by atoms with Crippen LogP contribution in [0.25, 0.3) is 22.2 Å². The fourth-order valence-corrected chi connectivity index (χ4v) is 3.32. The summed E-state index contributed by atoms with van der Waals surface area (Å²) in [5.41, 5.74) is 11.6. The first kappa shape index (κ1) is 16.4. The van der Waals surface area contributed by atoms with E-state index in [9.17, 15) is 0 Å². The van der Waals surface area contributed by atoms with E-state index in [2.05, 4.69) is 30.1 Å². The number of rotatable bonds is 5. The molecule has 0 radical (unpaired) electrons. The zero-order chi connectivity index (χ0) is 16.4. The Hall–Kier alpha value is -1.48. The lowest BCUT2D eigenvalue weighted by molar-refractivity contribution is 0.748. The van der Waals surface area contributed by atoms with Crippen molar-refractivity contribution < 1.29 is 0 Å². The Morgan fingerprint density at radius 2 is 1.87 bits per heavy atom. The standard InChI is InChI=1S/C19H20Cl2N2/c1-12-5-4-7-14-15(6-2-3-10-22)19(23-18(12)14)13-8-9-16(20)17(21)11-13/h4-5,7-9,11,23H,2-3,6,10,22H2,1H3. The van der Waals surface area contributed by atoms with E-state index in [4.69, 9.17) is 28.9 Å². The van der Waals surface area contributed by atoms with E-state index >= 15 is 0 Å². The summed E-state index contributed by atoms with van der Waals surface area (Å²) in [4.78, 5) is 3.59. The molecule has 1 aromatic heterocycles. The van der Waals surface area contributed by atoms with Crippen molar-refractivity contribution in [3.8, 4) is 11.3 Å². The summed E-state index contributed by atoms with van der Waals surface area (Å²) in [5.74, 6) is 0. The third-order valence-corrected chi connectivity index (χ3v) is 4.98. The zero-order valence-electron chi connectivity index (χ0n) is 13.1. The van der Waals surface area contributed by atoms with Crippen molar-refractivity contribution in [2.45, 2.75) is 26.2 Å². The first-order valence-corrected chi connectivity index (χ1v) is 8.63. The highest BCUT2D eigenvalue weighted by molar-refractivity contribution is 6.42. The van der Waals surface area contributed by atoms with Gasteiger partial charge in [-0.1, -0.05) is 47.5 Å². The summed E-state index contributed by atoms with van der Waals surface area (Å²) in [6, 6.07) is 12.2. The minimum atomic E-state index is 0.576. The molecular formula is C19H20Cl2N2. The number of benzene rings is 2. The van der Waals surface area contributed by atoms with Crippen LogP contribution in [-0.4, -0.2) is 11.5 Å². The molecule has 0 aliphatic heterocycles. The van der Waals surface area contributed by atoms with E-state index in [1.807, 2.05) is 18.2 Å².